The molecule has 212 valence electrons. The first kappa shape index (κ1) is 30.5. The van der Waals surface area contributed by atoms with Gasteiger partial charge in [-0.1, -0.05) is 57.9 Å². The highest BCUT2D eigenvalue weighted by molar-refractivity contribution is 5.91. The summed E-state index contributed by atoms with van der Waals surface area (Å²) in [5, 5.41) is 0. The van der Waals surface area contributed by atoms with Crippen molar-refractivity contribution in [3.8, 4) is 17.2 Å². The fraction of sp³-hybridized carbons (Fsp3) is 0.529. The van der Waals surface area contributed by atoms with Crippen LogP contribution in [0.15, 0.2) is 61.2 Å². The molecule has 2 aromatic carbocycles. The Bertz CT molecular complexity index is 987. The third-order valence-electron chi connectivity index (χ3n) is 7.56. The number of hydrogen-bond acceptors (Lipinski definition) is 5. The molecule has 0 spiro atoms. The van der Waals surface area contributed by atoms with Gasteiger partial charge in [0.05, 0.1) is 18.1 Å². The Morgan fingerprint density at radius 1 is 0.769 bits per heavy atom. The lowest BCUT2D eigenvalue weighted by molar-refractivity contribution is -0.140. The maximum atomic E-state index is 12.6. The second-order valence-electron chi connectivity index (χ2n) is 10.7. The van der Waals surface area contributed by atoms with Crippen LogP contribution in [0.25, 0.3) is 0 Å². The number of esters is 2. The molecule has 0 bridgehead atoms. The normalized spacial score (nSPS) is 16.8. The Hall–Kier alpha value is -3.08. The van der Waals surface area contributed by atoms with Gasteiger partial charge in [0.1, 0.15) is 17.2 Å². The predicted molar refractivity (Wildman–Crippen MR) is 156 cm³/mol. The van der Waals surface area contributed by atoms with Crippen LogP contribution in [0, 0.1) is 11.8 Å². The molecule has 0 N–H and O–H groups in total. The molecule has 39 heavy (non-hydrogen) atoms. The van der Waals surface area contributed by atoms with Gasteiger partial charge in [-0.3, -0.25) is 4.79 Å². The van der Waals surface area contributed by atoms with Gasteiger partial charge in [-0.2, -0.15) is 0 Å². The maximum Gasteiger partial charge on any atom is 0.343 e. The highest BCUT2D eigenvalue weighted by atomic mass is 16.5. The van der Waals surface area contributed by atoms with Crippen LogP contribution in [0.4, 0.5) is 0 Å². The van der Waals surface area contributed by atoms with Crippen LogP contribution in [-0.2, 0) is 4.79 Å². The molecule has 5 heteroatoms. The van der Waals surface area contributed by atoms with Gasteiger partial charge in [0, 0.05) is 0 Å². The summed E-state index contributed by atoms with van der Waals surface area (Å²) in [4.78, 5) is 25.2. The van der Waals surface area contributed by atoms with Gasteiger partial charge >= 0.3 is 11.9 Å². The highest BCUT2D eigenvalue weighted by Gasteiger charge is 2.27. The summed E-state index contributed by atoms with van der Waals surface area (Å²) in [6.45, 7) is 6.65. The van der Waals surface area contributed by atoms with E-state index in [9.17, 15) is 9.59 Å². The van der Waals surface area contributed by atoms with Crippen LogP contribution in [0.1, 0.15) is 107 Å². The minimum absolute atomic E-state index is 0.0238. The van der Waals surface area contributed by atoms with Crippen LogP contribution in [-0.4, -0.2) is 18.5 Å². The van der Waals surface area contributed by atoms with E-state index in [1.807, 2.05) is 6.08 Å². The maximum absolute atomic E-state index is 12.6. The van der Waals surface area contributed by atoms with Gasteiger partial charge in [0.25, 0.3) is 0 Å². The van der Waals surface area contributed by atoms with E-state index >= 15 is 0 Å². The zero-order valence-electron chi connectivity index (χ0n) is 23.7. The fourth-order valence-corrected chi connectivity index (χ4v) is 5.11. The molecule has 0 amide bonds. The number of unbranched alkanes of at least 4 members (excludes halogenated alkanes) is 7. The summed E-state index contributed by atoms with van der Waals surface area (Å²) in [5.74, 6) is 1.76. The molecule has 0 atom stereocenters. The van der Waals surface area contributed by atoms with Crippen LogP contribution in [0.5, 0.6) is 17.2 Å². The van der Waals surface area contributed by atoms with Gasteiger partial charge in [-0.25, -0.2) is 4.79 Å². The SMILES string of the molecule is C=CCCCCCCCOc1ccc(C(=O)Oc2ccc(OC(=O)C3CCC(CCCCC)CC3)cc2)cc1. The molecule has 0 radical (unpaired) electrons. The number of ether oxygens (including phenoxy) is 3. The van der Waals surface area contributed by atoms with E-state index in [-0.39, 0.29) is 11.9 Å². The van der Waals surface area contributed by atoms with Gasteiger partial charge in [-0.15, -0.1) is 6.58 Å². The Labute approximate surface area is 234 Å². The molecular formula is C34H46O5. The lowest BCUT2D eigenvalue weighted by Gasteiger charge is -2.27. The second kappa shape index (κ2) is 17.5. The Morgan fingerprint density at radius 2 is 1.38 bits per heavy atom. The van der Waals surface area contributed by atoms with Crippen LogP contribution >= 0.6 is 0 Å². The lowest BCUT2D eigenvalue weighted by Crippen LogP contribution is -2.25. The molecule has 3 rings (SSSR count). The van der Waals surface area contributed by atoms with E-state index in [4.69, 9.17) is 14.2 Å². The van der Waals surface area contributed by atoms with E-state index in [0.29, 0.717) is 23.7 Å². The van der Waals surface area contributed by atoms with E-state index in [2.05, 4.69) is 13.5 Å². The number of allylic oxidation sites excluding steroid dienone is 1. The molecule has 0 aromatic heterocycles. The number of rotatable bonds is 17. The van der Waals surface area contributed by atoms with E-state index < -0.39 is 5.97 Å². The first-order valence-electron chi connectivity index (χ1n) is 15.0. The molecule has 0 unspecified atom stereocenters. The molecule has 5 nitrogen and oxygen atoms in total. The second-order valence-corrected chi connectivity index (χ2v) is 10.7. The predicted octanol–water partition coefficient (Wildman–Crippen LogP) is 9.10. The summed E-state index contributed by atoms with van der Waals surface area (Å²) in [7, 11) is 0. The van der Waals surface area contributed by atoms with Crippen molar-refractivity contribution in [2.45, 2.75) is 96.8 Å². The number of hydrogen-bond donors (Lipinski definition) is 0. The van der Waals surface area contributed by atoms with Gasteiger partial charge in [0.15, 0.2) is 0 Å². The quantitative estimate of drug-likeness (QED) is 0.0876. The van der Waals surface area contributed by atoms with Crippen molar-refractivity contribution in [1.82, 2.24) is 0 Å². The summed E-state index contributed by atoms with van der Waals surface area (Å²) < 4.78 is 16.9. The highest BCUT2D eigenvalue weighted by Crippen LogP contribution is 2.33. The molecule has 0 saturated heterocycles. The minimum atomic E-state index is -0.443. The average Bonchev–Trinajstić information content (AvgIpc) is 2.96. The third kappa shape index (κ3) is 11.3. The largest absolute Gasteiger partial charge is 0.494 e. The molecular weight excluding hydrogens is 488 g/mol. The van der Waals surface area contributed by atoms with Crippen molar-refractivity contribution < 1.29 is 23.8 Å². The molecule has 0 aliphatic heterocycles. The Morgan fingerprint density at radius 3 is 2.05 bits per heavy atom. The zero-order chi connectivity index (χ0) is 27.7. The first-order valence-corrected chi connectivity index (χ1v) is 15.0. The third-order valence-corrected chi connectivity index (χ3v) is 7.56. The van der Waals surface area contributed by atoms with E-state index in [1.54, 1.807) is 48.5 Å². The fourth-order valence-electron chi connectivity index (χ4n) is 5.11. The van der Waals surface area contributed by atoms with Crippen molar-refractivity contribution in [2.24, 2.45) is 11.8 Å². The Kier molecular flexibility index (Phi) is 13.7. The first-order chi connectivity index (χ1) is 19.1. The number of carbonyl (C=O) groups is 2. The molecule has 1 fully saturated rings. The molecule has 1 saturated carbocycles. The Balaban J connectivity index is 1.35. The van der Waals surface area contributed by atoms with E-state index in [1.165, 1.54) is 44.9 Å². The summed E-state index contributed by atoms with van der Waals surface area (Å²) >= 11 is 0. The van der Waals surface area contributed by atoms with Gasteiger partial charge < -0.3 is 14.2 Å². The monoisotopic (exact) mass is 534 g/mol. The van der Waals surface area contributed by atoms with E-state index in [0.717, 1.165) is 56.6 Å². The molecule has 0 heterocycles. The molecule has 1 aliphatic rings. The number of carbonyl (C=O) groups excluding carboxylic acids is 2. The van der Waals surface area contributed by atoms with Crippen molar-refractivity contribution in [3.05, 3.63) is 66.7 Å². The van der Waals surface area contributed by atoms with Crippen LogP contribution in [0.3, 0.4) is 0 Å². The van der Waals surface area contributed by atoms with Crippen LogP contribution < -0.4 is 14.2 Å². The van der Waals surface area contributed by atoms with Crippen molar-refractivity contribution in [3.63, 3.8) is 0 Å². The smallest absolute Gasteiger partial charge is 0.343 e. The molecule has 1 aliphatic carbocycles. The molecule has 2 aromatic rings. The van der Waals surface area contributed by atoms with Crippen molar-refractivity contribution >= 4 is 11.9 Å². The van der Waals surface area contributed by atoms with Crippen molar-refractivity contribution in [1.29, 1.82) is 0 Å². The summed E-state index contributed by atoms with van der Waals surface area (Å²) in [6, 6.07) is 13.7. The van der Waals surface area contributed by atoms with Gasteiger partial charge in [-0.05, 0) is 99.4 Å². The lowest BCUT2D eigenvalue weighted by atomic mass is 9.80. The standard InChI is InChI=1S/C34H46O5/c1-3-5-7-8-9-10-12-26-37-30-20-18-29(19-21-30)34(36)39-32-24-22-31(23-25-32)38-33(35)28-16-14-27(15-17-28)13-11-6-4-2/h3,18-25,27-28H,1,4-17,26H2,2H3. The summed E-state index contributed by atoms with van der Waals surface area (Å²) in [5.41, 5.74) is 0.449. The van der Waals surface area contributed by atoms with Crippen LogP contribution in [0.2, 0.25) is 0 Å². The zero-order valence-corrected chi connectivity index (χ0v) is 23.7. The van der Waals surface area contributed by atoms with Gasteiger partial charge in [0.2, 0.25) is 0 Å². The average molecular weight is 535 g/mol. The topological polar surface area (TPSA) is 61.8 Å². The van der Waals surface area contributed by atoms with Crippen molar-refractivity contribution in [2.75, 3.05) is 6.61 Å². The number of benzene rings is 2. The summed E-state index contributed by atoms with van der Waals surface area (Å²) in [6.07, 6.45) is 18.1. The minimum Gasteiger partial charge on any atom is -0.494 e.